The molecule has 1 unspecified atom stereocenters. The first-order valence-electron chi connectivity index (χ1n) is 8.23. The molecule has 21 heavy (non-hydrogen) atoms. The Morgan fingerprint density at radius 3 is 2.48 bits per heavy atom. The topological polar surface area (TPSA) is 64.7 Å². The minimum atomic E-state index is 0.133. The molecule has 1 aliphatic carbocycles. The number of nitrogens with one attached hydrogen (secondary N) is 2. The second-order valence-electron chi connectivity index (χ2n) is 6.49. The van der Waals surface area contributed by atoms with E-state index >= 15 is 0 Å². The van der Waals surface area contributed by atoms with E-state index in [1.165, 1.54) is 0 Å². The molecule has 0 aromatic rings. The van der Waals surface area contributed by atoms with E-state index in [4.69, 9.17) is 0 Å². The van der Waals surface area contributed by atoms with Crippen molar-refractivity contribution in [1.29, 1.82) is 0 Å². The van der Waals surface area contributed by atoms with Crippen LogP contribution in [0.25, 0.3) is 0 Å². The van der Waals surface area contributed by atoms with Gasteiger partial charge in [0.15, 0.2) is 0 Å². The van der Waals surface area contributed by atoms with E-state index in [-0.39, 0.29) is 11.8 Å². The van der Waals surface area contributed by atoms with Gasteiger partial charge in [0, 0.05) is 38.8 Å². The highest BCUT2D eigenvalue weighted by Gasteiger charge is 2.29. The Labute approximate surface area is 126 Å². The average molecular weight is 294 g/mol. The number of carbonyl (C=O) groups is 2. The van der Waals surface area contributed by atoms with Crippen molar-refractivity contribution in [3.8, 4) is 0 Å². The lowest BCUT2D eigenvalue weighted by Crippen LogP contribution is -2.53. The summed E-state index contributed by atoms with van der Waals surface area (Å²) in [5, 5.41) is 6.32. The molecule has 2 N–H and O–H groups in total. The minimum Gasteiger partial charge on any atom is -0.352 e. The maximum atomic E-state index is 12.4. The molecule has 0 radical (unpaired) electrons. The fourth-order valence-electron chi connectivity index (χ4n) is 3.15. The van der Waals surface area contributed by atoms with Crippen molar-refractivity contribution >= 4 is 11.8 Å². The van der Waals surface area contributed by atoms with Crippen LogP contribution in [0, 0.1) is 5.92 Å². The van der Waals surface area contributed by atoms with E-state index in [1.54, 1.807) is 0 Å². The Morgan fingerprint density at radius 1 is 1.10 bits per heavy atom. The first-order chi connectivity index (χ1) is 10.2. The molecule has 2 amide bonds. The molecule has 0 spiro atoms. The lowest BCUT2D eigenvalue weighted by Gasteiger charge is -2.36. The summed E-state index contributed by atoms with van der Waals surface area (Å²) in [6.07, 6.45) is 4.36. The molecule has 2 aliphatic heterocycles. The van der Waals surface area contributed by atoms with Crippen molar-refractivity contribution < 1.29 is 9.59 Å². The SMILES string of the molecule is O=C(CN1CCN(C(=O)C2CCCNC2)CC1)NC1CC1. The average Bonchev–Trinajstić information content (AvgIpc) is 3.32. The number of piperidine rings is 1. The third kappa shape index (κ3) is 4.17. The molecule has 3 aliphatic rings. The molecule has 3 rings (SSSR count). The number of hydrogen-bond donors (Lipinski definition) is 2. The van der Waals surface area contributed by atoms with Gasteiger partial charge in [-0.1, -0.05) is 0 Å². The van der Waals surface area contributed by atoms with Crippen LogP contribution in [-0.4, -0.2) is 73.5 Å². The Morgan fingerprint density at radius 2 is 1.86 bits per heavy atom. The van der Waals surface area contributed by atoms with Gasteiger partial charge in [0.25, 0.3) is 0 Å². The summed E-state index contributed by atoms with van der Waals surface area (Å²) in [6.45, 7) is 5.46. The highest BCUT2D eigenvalue weighted by Crippen LogP contribution is 2.18. The Bertz CT molecular complexity index is 383. The van der Waals surface area contributed by atoms with Crippen molar-refractivity contribution in [2.75, 3.05) is 45.8 Å². The van der Waals surface area contributed by atoms with Crippen LogP contribution >= 0.6 is 0 Å². The Hall–Kier alpha value is -1.14. The van der Waals surface area contributed by atoms with E-state index < -0.39 is 0 Å². The van der Waals surface area contributed by atoms with Crippen LogP contribution in [0.15, 0.2) is 0 Å². The van der Waals surface area contributed by atoms with Crippen LogP contribution in [0.3, 0.4) is 0 Å². The van der Waals surface area contributed by atoms with Crippen LogP contribution in [0.5, 0.6) is 0 Å². The maximum absolute atomic E-state index is 12.4. The molecule has 6 nitrogen and oxygen atoms in total. The molecule has 2 heterocycles. The molecular formula is C15H26N4O2. The van der Waals surface area contributed by atoms with E-state index in [1.807, 2.05) is 4.90 Å². The summed E-state index contributed by atoms with van der Waals surface area (Å²) >= 11 is 0. The lowest BCUT2D eigenvalue weighted by atomic mass is 9.98. The standard InChI is InChI=1S/C15H26N4O2/c20-14(17-13-3-4-13)11-18-6-8-19(9-7-18)15(21)12-2-1-5-16-10-12/h12-13,16H,1-11H2,(H,17,20). The second-order valence-corrected chi connectivity index (χ2v) is 6.49. The number of rotatable bonds is 4. The van der Waals surface area contributed by atoms with Crippen LogP contribution in [0.4, 0.5) is 0 Å². The van der Waals surface area contributed by atoms with Gasteiger partial charge in [0.05, 0.1) is 12.5 Å². The van der Waals surface area contributed by atoms with Crippen LogP contribution in [-0.2, 0) is 9.59 Å². The molecule has 0 aromatic carbocycles. The van der Waals surface area contributed by atoms with Gasteiger partial charge in [0.1, 0.15) is 0 Å². The molecule has 1 saturated carbocycles. The summed E-state index contributed by atoms with van der Waals surface area (Å²) in [7, 11) is 0. The van der Waals surface area contributed by atoms with Crippen LogP contribution in [0.2, 0.25) is 0 Å². The van der Waals surface area contributed by atoms with Gasteiger partial charge >= 0.3 is 0 Å². The van der Waals surface area contributed by atoms with Crippen molar-refractivity contribution in [2.24, 2.45) is 5.92 Å². The third-order valence-corrected chi connectivity index (χ3v) is 4.64. The zero-order valence-electron chi connectivity index (χ0n) is 12.6. The third-order valence-electron chi connectivity index (χ3n) is 4.64. The Kier molecular flexibility index (Phi) is 4.75. The van der Waals surface area contributed by atoms with Crippen molar-refractivity contribution in [2.45, 2.75) is 31.7 Å². The van der Waals surface area contributed by atoms with Gasteiger partial charge in [-0.05, 0) is 32.2 Å². The summed E-state index contributed by atoms with van der Waals surface area (Å²) in [4.78, 5) is 28.3. The molecule has 1 atom stereocenters. The first-order valence-corrected chi connectivity index (χ1v) is 8.23. The van der Waals surface area contributed by atoms with Crippen molar-refractivity contribution in [3.63, 3.8) is 0 Å². The van der Waals surface area contributed by atoms with Crippen molar-refractivity contribution in [3.05, 3.63) is 0 Å². The predicted octanol–water partition coefficient (Wildman–Crippen LogP) is -0.591. The highest BCUT2D eigenvalue weighted by molar-refractivity contribution is 5.80. The smallest absolute Gasteiger partial charge is 0.234 e. The van der Waals surface area contributed by atoms with Crippen molar-refractivity contribution in [1.82, 2.24) is 20.4 Å². The van der Waals surface area contributed by atoms with Crippen LogP contribution < -0.4 is 10.6 Å². The lowest BCUT2D eigenvalue weighted by molar-refractivity contribution is -0.138. The van der Waals surface area contributed by atoms with Gasteiger partial charge < -0.3 is 15.5 Å². The Balaban J connectivity index is 1.39. The van der Waals surface area contributed by atoms with E-state index in [0.29, 0.717) is 18.5 Å². The number of carbonyl (C=O) groups excluding carboxylic acids is 2. The molecule has 6 heteroatoms. The fraction of sp³-hybridized carbons (Fsp3) is 0.867. The quantitative estimate of drug-likeness (QED) is 0.727. The summed E-state index contributed by atoms with van der Waals surface area (Å²) in [5.74, 6) is 0.585. The summed E-state index contributed by atoms with van der Waals surface area (Å²) in [6, 6.07) is 0.430. The van der Waals surface area contributed by atoms with Gasteiger partial charge in [-0.2, -0.15) is 0 Å². The van der Waals surface area contributed by atoms with Crippen LogP contribution in [0.1, 0.15) is 25.7 Å². The molecule has 0 bridgehead atoms. The molecule has 2 saturated heterocycles. The zero-order chi connectivity index (χ0) is 14.7. The summed E-state index contributed by atoms with van der Waals surface area (Å²) in [5.41, 5.74) is 0. The van der Waals surface area contributed by atoms with E-state index in [9.17, 15) is 9.59 Å². The molecule has 0 aromatic heterocycles. The normalized spacial score (nSPS) is 27.4. The van der Waals surface area contributed by atoms with Gasteiger partial charge in [-0.25, -0.2) is 0 Å². The molecule has 3 fully saturated rings. The van der Waals surface area contributed by atoms with Gasteiger partial charge in [-0.15, -0.1) is 0 Å². The zero-order valence-corrected chi connectivity index (χ0v) is 12.6. The first kappa shape index (κ1) is 14.8. The maximum Gasteiger partial charge on any atom is 0.234 e. The fourth-order valence-corrected chi connectivity index (χ4v) is 3.15. The van der Waals surface area contributed by atoms with Gasteiger partial charge in [-0.3, -0.25) is 14.5 Å². The minimum absolute atomic E-state index is 0.133. The highest BCUT2D eigenvalue weighted by atomic mass is 16.2. The number of nitrogens with zero attached hydrogens (tertiary/aromatic N) is 2. The number of amides is 2. The summed E-state index contributed by atoms with van der Waals surface area (Å²) < 4.78 is 0. The van der Waals surface area contributed by atoms with Gasteiger partial charge in [0.2, 0.25) is 11.8 Å². The second kappa shape index (κ2) is 6.75. The molecule has 118 valence electrons. The monoisotopic (exact) mass is 294 g/mol. The number of piperazine rings is 1. The molecular weight excluding hydrogens is 268 g/mol. The van der Waals surface area contributed by atoms with E-state index in [0.717, 1.165) is 65.0 Å². The number of hydrogen-bond acceptors (Lipinski definition) is 4. The predicted molar refractivity (Wildman–Crippen MR) is 79.8 cm³/mol. The van der Waals surface area contributed by atoms with E-state index in [2.05, 4.69) is 15.5 Å². The largest absolute Gasteiger partial charge is 0.352 e.